The molecule has 18 heavy (non-hydrogen) atoms. The summed E-state index contributed by atoms with van der Waals surface area (Å²) in [6.45, 7) is 3.16. The Hall–Kier alpha value is -1.26. The first-order chi connectivity index (χ1) is 8.67. The van der Waals surface area contributed by atoms with E-state index < -0.39 is 0 Å². The molecule has 1 rings (SSSR count). The number of hydrogen-bond acceptors (Lipinski definition) is 4. The summed E-state index contributed by atoms with van der Waals surface area (Å²) >= 11 is 0. The standard InChI is InChI=1S/C14H24N2O2/c1-12(4-3-10-17)15-13-5-7-14(8-6-13)16(2)9-11-18/h5-8,12,15,17-18H,3-4,9-11H2,1-2H3. The number of anilines is 2. The molecule has 0 spiro atoms. The van der Waals surface area contributed by atoms with Crippen molar-refractivity contribution in [2.45, 2.75) is 25.8 Å². The van der Waals surface area contributed by atoms with E-state index in [-0.39, 0.29) is 13.2 Å². The first-order valence-electron chi connectivity index (χ1n) is 6.47. The van der Waals surface area contributed by atoms with Crippen LogP contribution in [-0.4, -0.2) is 43.1 Å². The first-order valence-corrected chi connectivity index (χ1v) is 6.47. The normalized spacial score (nSPS) is 12.2. The minimum Gasteiger partial charge on any atom is -0.396 e. The van der Waals surface area contributed by atoms with E-state index in [0.29, 0.717) is 12.6 Å². The zero-order valence-electron chi connectivity index (χ0n) is 11.3. The number of nitrogens with one attached hydrogen (secondary N) is 1. The van der Waals surface area contributed by atoms with Gasteiger partial charge in [-0.05, 0) is 44.0 Å². The number of benzene rings is 1. The van der Waals surface area contributed by atoms with Crippen LogP contribution in [0.1, 0.15) is 19.8 Å². The van der Waals surface area contributed by atoms with Gasteiger partial charge in [-0.3, -0.25) is 0 Å². The van der Waals surface area contributed by atoms with Crippen molar-refractivity contribution in [1.82, 2.24) is 0 Å². The second kappa shape index (κ2) is 7.95. The molecule has 1 atom stereocenters. The van der Waals surface area contributed by atoms with Gasteiger partial charge in [0, 0.05) is 37.6 Å². The van der Waals surface area contributed by atoms with Crippen LogP contribution in [0.25, 0.3) is 0 Å². The zero-order chi connectivity index (χ0) is 13.4. The Kier molecular flexibility index (Phi) is 6.54. The van der Waals surface area contributed by atoms with Gasteiger partial charge in [0.2, 0.25) is 0 Å². The van der Waals surface area contributed by atoms with Crippen molar-refractivity contribution in [3.8, 4) is 0 Å². The smallest absolute Gasteiger partial charge is 0.0606 e. The van der Waals surface area contributed by atoms with Gasteiger partial charge in [-0.15, -0.1) is 0 Å². The lowest BCUT2D eigenvalue weighted by molar-refractivity contribution is 0.282. The third-order valence-electron chi connectivity index (χ3n) is 2.95. The molecule has 0 fully saturated rings. The molecule has 1 unspecified atom stereocenters. The summed E-state index contributed by atoms with van der Waals surface area (Å²) in [6, 6.07) is 8.52. The maximum Gasteiger partial charge on any atom is 0.0606 e. The van der Waals surface area contributed by atoms with E-state index in [2.05, 4.69) is 12.2 Å². The van der Waals surface area contributed by atoms with Crippen LogP contribution in [0.4, 0.5) is 11.4 Å². The van der Waals surface area contributed by atoms with Crippen LogP contribution < -0.4 is 10.2 Å². The molecule has 0 heterocycles. The first kappa shape index (κ1) is 14.8. The third-order valence-corrected chi connectivity index (χ3v) is 2.95. The molecule has 0 amide bonds. The van der Waals surface area contributed by atoms with Crippen molar-refractivity contribution in [1.29, 1.82) is 0 Å². The molecule has 0 aliphatic heterocycles. The molecule has 4 heteroatoms. The van der Waals surface area contributed by atoms with Crippen molar-refractivity contribution in [2.75, 3.05) is 37.0 Å². The van der Waals surface area contributed by atoms with E-state index in [0.717, 1.165) is 24.2 Å². The molecule has 4 nitrogen and oxygen atoms in total. The van der Waals surface area contributed by atoms with Gasteiger partial charge in [0.05, 0.1) is 6.61 Å². The Labute approximate surface area is 109 Å². The summed E-state index contributed by atoms with van der Waals surface area (Å²) in [5.41, 5.74) is 2.18. The molecule has 0 aliphatic carbocycles. The summed E-state index contributed by atoms with van der Waals surface area (Å²) < 4.78 is 0. The van der Waals surface area contributed by atoms with Crippen LogP contribution in [0, 0.1) is 0 Å². The molecule has 102 valence electrons. The summed E-state index contributed by atoms with van der Waals surface area (Å²) in [5, 5.41) is 21.1. The van der Waals surface area contributed by atoms with Crippen LogP contribution in [0.5, 0.6) is 0 Å². The summed E-state index contributed by atoms with van der Waals surface area (Å²) in [4.78, 5) is 2.01. The van der Waals surface area contributed by atoms with E-state index >= 15 is 0 Å². The van der Waals surface area contributed by atoms with Crippen LogP contribution >= 0.6 is 0 Å². The lowest BCUT2D eigenvalue weighted by Crippen LogP contribution is -2.21. The molecule has 0 aliphatic rings. The van der Waals surface area contributed by atoms with Gasteiger partial charge in [-0.25, -0.2) is 0 Å². The van der Waals surface area contributed by atoms with E-state index in [1.165, 1.54) is 0 Å². The highest BCUT2D eigenvalue weighted by molar-refractivity contribution is 5.55. The number of aliphatic hydroxyl groups is 2. The van der Waals surface area contributed by atoms with Crippen LogP contribution in [-0.2, 0) is 0 Å². The molecule has 0 bridgehead atoms. The molecule has 1 aromatic rings. The Morgan fingerprint density at radius 3 is 2.39 bits per heavy atom. The molecular weight excluding hydrogens is 228 g/mol. The third kappa shape index (κ3) is 4.94. The number of aliphatic hydroxyl groups excluding tert-OH is 2. The topological polar surface area (TPSA) is 55.7 Å². The van der Waals surface area contributed by atoms with E-state index in [9.17, 15) is 0 Å². The van der Waals surface area contributed by atoms with Gasteiger partial charge in [-0.1, -0.05) is 0 Å². The molecule has 0 aromatic heterocycles. The van der Waals surface area contributed by atoms with Gasteiger partial charge >= 0.3 is 0 Å². The highest BCUT2D eigenvalue weighted by Gasteiger charge is 2.03. The monoisotopic (exact) mass is 252 g/mol. The van der Waals surface area contributed by atoms with Gasteiger partial charge in [0.15, 0.2) is 0 Å². The van der Waals surface area contributed by atoms with E-state index in [4.69, 9.17) is 10.2 Å². The number of rotatable bonds is 8. The maximum absolute atomic E-state index is 8.88. The van der Waals surface area contributed by atoms with Crippen LogP contribution in [0.2, 0.25) is 0 Å². The molecule has 1 aromatic carbocycles. The largest absolute Gasteiger partial charge is 0.396 e. The van der Waals surface area contributed by atoms with Gasteiger partial charge in [-0.2, -0.15) is 0 Å². The van der Waals surface area contributed by atoms with Crippen LogP contribution in [0.15, 0.2) is 24.3 Å². The molecule has 0 saturated carbocycles. The van der Waals surface area contributed by atoms with Crippen molar-refractivity contribution in [3.05, 3.63) is 24.3 Å². The van der Waals surface area contributed by atoms with Crippen molar-refractivity contribution in [3.63, 3.8) is 0 Å². The van der Waals surface area contributed by atoms with Crippen LogP contribution in [0.3, 0.4) is 0 Å². The average Bonchev–Trinajstić information content (AvgIpc) is 2.37. The van der Waals surface area contributed by atoms with Gasteiger partial charge < -0.3 is 20.4 Å². The second-order valence-corrected chi connectivity index (χ2v) is 4.60. The SMILES string of the molecule is CC(CCCO)Nc1ccc(N(C)CCO)cc1. The fraction of sp³-hybridized carbons (Fsp3) is 0.571. The fourth-order valence-electron chi connectivity index (χ4n) is 1.85. The second-order valence-electron chi connectivity index (χ2n) is 4.60. The Morgan fingerprint density at radius 1 is 1.17 bits per heavy atom. The minimum atomic E-state index is 0.161. The molecule has 3 N–H and O–H groups in total. The summed E-state index contributed by atoms with van der Waals surface area (Å²) in [6.07, 6.45) is 1.79. The molecule has 0 radical (unpaired) electrons. The maximum atomic E-state index is 8.88. The molecule has 0 saturated heterocycles. The Morgan fingerprint density at radius 2 is 1.83 bits per heavy atom. The predicted octanol–water partition coefficient (Wildman–Crippen LogP) is 1.69. The average molecular weight is 252 g/mol. The quantitative estimate of drug-likeness (QED) is 0.659. The number of nitrogens with zero attached hydrogens (tertiary/aromatic N) is 1. The van der Waals surface area contributed by atoms with E-state index in [1.54, 1.807) is 0 Å². The number of likely N-dealkylation sites (N-methyl/N-ethyl adjacent to an activating group) is 1. The van der Waals surface area contributed by atoms with Gasteiger partial charge in [0.1, 0.15) is 0 Å². The lowest BCUT2D eigenvalue weighted by atomic mass is 10.1. The van der Waals surface area contributed by atoms with Crippen molar-refractivity contribution in [2.24, 2.45) is 0 Å². The Balaban J connectivity index is 2.49. The zero-order valence-corrected chi connectivity index (χ0v) is 11.3. The van der Waals surface area contributed by atoms with Crippen molar-refractivity contribution < 1.29 is 10.2 Å². The minimum absolute atomic E-state index is 0.161. The van der Waals surface area contributed by atoms with Crippen molar-refractivity contribution >= 4 is 11.4 Å². The van der Waals surface area contributed by atoms with Gasteiger partial charge in [0.25, 0.3) is 0 Å². The highest BCUT2D eigenvalue weighted by Crippen LogP contribution is 2.17. The molecular formula is C14H24N2O2. The Bertz CT molecular complexity index is 327. The highest BCUT2D eigenvalue weighted by atomic mass is 16.3. The van der Waals surface area contributed by atoms with E-state index in [1.807, 2.05) is 36.2 Å². The lowest BCUT2D eigenvalue weighted by Gasteiger charge is -2.19. The summed E-state index contributed by atoms with van der Waals surface area (Å²) in [5.74, 6) is 0. The predicted molar refractivity (Wildman–Crippen MR) is 76.2 cm³/mol. The number of hydrogen-bond donors (Lipinski definition) is 3. The summed E-state index contributed by atoms with van der Waals surface area (Å²) in [7, 11) is 1.96. The fourth-order valence-corrected chi connectivity index (χ4v) is 1.85.